The number of rotatable bonds is 5. The molecule has 0 fully saturated rings. The molecule has 1 N–H and O–H groups in total. The van der Waals surface area contributed by atoms with Crippen LogP contribution in [-0.2, 0) is 11.2 Å². The van der Waals surface area contributed by atoms with E-state index in [4.69, 9.17) is 11.6 Å². The summed E-state index contributed by atoms with van der Waals surface area (Å²) in [7, 11) is 0. The van der Waals surface area contributed by atoms with Gasteiger partial charge in [0.2, 0.25) is 5.91 Å². The highest BCUT2D eigenvalue weighted by Crippen LogP contribution is 2.21. The van der Waals surface area contributed by atoms with Crippen molar-refractivity contribution in [1.29, 1.82) is 0 Å². The molecule has 0 aliphatic rings. The molecule has 0 radical (unpaired) electrons. The van der Waals surface area contributed by atoms with E-state index in [9.17, 15) is 4.79 Å². The fourth-order valence-electron chi connectivity index (χ4n) is 2.32. The SMILES string of the molecule is Cc1cnc2c(c1)nc(CCCl)n2C(C)C(=O)NC(C)C. The van der Waals surface area contributed by atoms with Gasteiger partial charge in [-0.05, 0) is 39.3 Å². The summed E-state index contributed by atoms with van der Waals surface area (Å²) in [5.41, 5.74) is 2.58. The topological polar surface area (TPSA) is 59.8 Å². The van der Waals surface area contributed by atoms with Crippen LogP contribution in [0, 0.1) is 6.92 Å². The van der Waals surface area contributed by atoms with Crippen molar-refractivity contribution in [3.8, 4) is 0 Å². The summed E-state index contributed by atoms with van der Waals surface area (Å²) in [4.78, 5) is 21.3. The minimum absolute atomic E-state index is 0.0394. The van der Waals surface area contributed by atoms with Gasteiger partial charge in [0.05, 0.1) is 0 Å². The van der Waals surface area contributed by atoms with Gasteiger partial charge in [0.25, 0.3) is 0 Å². The Morgan fingerprint density at radius 2 is 2.14 bits per heavy atom. The molecule has 0 saturated carbocycles. The Hall–Kier alpha value is -1.62. The highest BCUT2D eigenvalue weighted by atomic mass is 35.5. The zero-order valence-electron chi connectivity index (χ0n) is 12.9. The van der Waals surface area contributed by atoms with Gasteiger partial charge >= 0.3 is 0 Å². The highest BCUT2D eigenvalue weighted by Gasteiger charge is 2.22. The molecular formula is C15H21ClN4O. The van der Waals surface area contributed by atoms with Crippen molar-refractivity contribution in [2.24, 2.45) is 0 Å². The van der Waals surface area contributed by atoms with Crippen molar-refractivity contribution in [3.05, 3.63) is 23.7 Å². The van der Waals surface area contributed by atoms with E-state index < -0.39 is 0 Å². The predicted molar refractivity (Wildman–Crippen MR) is 84.7 cm³/mol. The number of hydrogen-bond acceptors (Lipinski definition) is 3. The second-order valence-corrected chi connectivity index (χ2v) is 5.91. The first kappa shape index (κ1) is 15.8. The molecule has 0 aromatic carbocycles. The average molecular weight is 309 g/mol. The molecule has 0 aliphatic carbocycles. The van der Waals surface area contributed by atoms with Crippen LogP contribution in [0.15, 0.2) is 12.3 Å². The first-order valence-corrected chi connectivity index (χ1v) is 7.67. The second kappa shape index (κ2) is 6.43. The van der Waals surface area contributed by atoms with Gasteiger partial charge in [-0.3, -0.25) is 4.79 Å². The number of amides is 1. The van der Waals surface area contributed by atoms with E-state index >= 15 is 0 Å². The number of pyridine rings is 1. The smallest absolute Gasteiger partial charge is 0.243 e. The number of imidazole rings is 1. The Morgan fingerprint density at radius 3 is 2.76 bits per heavy atom. The van der Waals surface area contributed by atoms with Crippen LogP contribution in [0.25, 0.3) is 11.2 Å². The number of aryl methyl sites for hydroxylation is 2. The highest BCUT2D eigenvalue weighted by molar-refractivity contribution is 6.17. The minimum atomic E-state index is -0.370. The van der Waals surface area contributed by atoms with Gasteiger partial charge in [-0.2, -0.15) is 0 Å². The summed E-state index contributed by atoms with van der Waals surface area (Å²) in [5.74, 6) is 1.22. The van der Waals surface area contributed by atoms with Gasteiger partial charge in [-0.15, -0.1) is 11.6 Å². The van der Waals surface area contributed by atoms with Crippen molar-refractivity contribution in [3.63, 3.8) is 0 Å². The number of aromatic nitrogens is 3. The van der Waals surface area contributed by atoms with Crippen LogP contribution in [0.1, 0.15) is 38.2 Å². The maximum Gasteiger partial charge on any atom is 0.243 e. The van der Waals surface area contributed by atoms with Gasteiger partial charge < -0.3 is 9.88 Å². The molecule has 0 aliphatic heterocycles. The fraction of sp³-hybridized carbons (Fsp3) is 0.533. The third-order valence-electron chi connectivity index (χ3n) is 3.26. The molecule has 2 aromatic rings. The van der Waals surface area contributed by atoms with Crippen molar-refractivity contribution >= 4 is 28.7 Å². The Kier molecular flexibility index (Phi) is 4.83. The third-order valence-corrected chi connectivity index (χ3v) is 3.44. The number of fused-ring (bicyclic) bond motifs is 1. The molecule has 2 heterocycles. The molecule has 0 spiro atoms. The van der Waals surface area contributed by atoms with E-state index in [-0.39, 0.29) is 18.0 Å². The number of nitrogens with zero attached hydrogens (tertiary/aromatic N) is 3. The largest absolute Gasteiger partial charge is 0.352 e. The first-order chi connectivity index (χ1) is 9.93. The van der Waals surface area contributed by atoms with Gasteiger partial charge in [0, 0.05) is 24.5 Å². The molecule has 0 bridgehead atoms. The maximum atomic E-state index is 12.3. The Bertz CT molecular complexity index is 650. The number of halogens is 1. The lowest BCUT2D eigenvalue weighted by Gasteiger charge is -2.18. The molecule has 2 aromatic heterocycles. The van der Waals surface area contributed by atoms with Gasteiger partial charge in [-0.25, -0.2) is 9.97 Å². The van der Waals surface area contributed by atoms with E-state index in [1.807, 2.05) is 38.3 Å². The van der Waals surface area contributed by atoms with Crippen LogP contribution >= 0.6 is 11.6 Å². The van der Waals surface area contributed by atoms with Crippen LogP contribution in [0.4, 0.5) is 0 Å². The van der Waals surface area contributed by atoms with Crippen LogP contribution in [0.5, 0.6) is 0 Å². The Balaban J connectivity index is 2.49. The average Bonchev–Trinajstić information content (AvgIpc) is 2.74. The van der Waals surface area contributed by atoms with Gasteiger partial charge in [0.15, 0.2) is 5.65 Å². The van der Waals surface area contributed by atoms with Crippen molar-refractivity contribution in [1.82, 2.24) is 19.9 Å². The summed E-state index contributed by atoms with van der Waals surface area (Å²) in [6.45, 7) is 7.72. The monoisotopic (exact) mass is 308 g/mol. The van der Waals surface area contributed by atoms with Crippen molar-refractivity contribution in [2.75, 3.05) is 5.88 Å². The minimum Gasteiger partial charge on any atom is -0.352 e. The predicted octanol–water partition coefficient (Wildman–Crippen LogP) is 2.61. The first-order valence-electron chi connectivity index (χ1n) is 7.13. The standard InChI is InChI=1S/C15H21ClN4O/c1-9(2)18-15(21)11(4)20-13(5-6-16)19-12-7-10(3)8-17-14(12)20/h7-9,11H,5-6H2,1-4H3,(H,18,21). The molecule has 0 saturated heterocycles. The molecule has 21 heavy (non-hydrogen) atoms. The van der Waals surface area contributed by atoms with Crippen LogP contribution in [0.2, 0.25) is 0 Å². The molecular weight excluding hydrogens is 288 g/mol. The molecule has 1 unspecified atom stereocenters. The number of carbonyl (C=O) groups excluding carboxylic acids is 1. The Labute approximate surface area is 129 Å². The third kappa shape index (κ3) is 3.35. The van der Waals surface area contributed by atoms with E-state index in [1.165, 1.54) is 0 Å². The van der Waals surface area contributed by atoms with E-state index in [1.54, 1.807) is 6.20 Å². The molecule has 114 valence electrons. The summed E-state index contributed by atoms with van der Waals surface area (Å²) in [6, 6.07) is 1.70. The maximum absolute atomic E-state index is 12.3. The number of hydrogen-bond donors (Lipinski definition) is 1. The number of nitrogens with one attached hydrogen (secondary N) is 1. The Morgan fingerprint density at radius 1 is 1.43 bits per heavy atom. The van der Waals surface area contributed by atoms with Crippen LogP contribution < -0.4 is 5.32 Å². The molecule has 2 rings (SSSR count). The molecule has 6 heteroatoms. The molecule has 1 amide bonds. The quantitative estimate of drug-likeness (QED) is 0.864. The zero-order chi connectivity index (χ0) is 15.6. The van der Waals surface area contributed by atoms with Crippen LogP contribution in [0.3, 0.4) is 0 Å². The second-order valence-electron chi connectivity index (χ2n) is 5.53. The van der Waals surface area contributed by atoms with Gasteiger partial charge in [0.1, 0.15) is 17.4 Å². The van der Waals surface area contributed by atoms with E-state index in [2.05, 4.69) is 15.3 Å². The van der Waals surface area contributed by atoms with Crippen LogP contribution in [-0.4, -0.2) is 32.4 Å². The van der Waals surface area contributed by atoms with Crippen molar-refractivity contribution in [2.45, 2.75) is 46.2 Å². The summed E-state index contributed by atoms with van der Waals surface area (Å²) < 4.78 is 1.88. The van der Waals surface area contributed by atoms with E-state index in [0.717, 1.165) is 22.6 Å². The molecule has 5 nitrogen and oxygen atoms in total. The summed E-state index contributed by atoms with van der Waals surface area (Å²) >= 11 is 5.86. The lowest BCUT2D eigenvalue weighted by atomic mass is 10.2. The normalized spacial score (nSPS) is 12.9. The fourth-order valence-corrected chi connectivity index (χ4v) is 2.49. The van der Waals surface area contributed by atoms with Gasteiger partial charge in [-0.1, -0.05) is 0 Å². The van der Waals surface area contributed by atoms with E-state index in [0.29, 0.717) is 12.3 Å². The summed E-state index contributed by atoms with van der Waals surface area (Å²) in [6.07, 6.45) is 2.40. The number of alkyl halides is 1. The molecule has 1 atom stereocenters. The lowest BCUT2D eigenvalue weighted by molar-refractivity contribution is -0.124. The van der Waals surface area contributed by atoms with Crippen molar-refractivity contribution < 1.29 is 4.79 Å². The summed E-state index contributed by atoms with van der Waals surface area (Å²) in [5, 5.41) is 2.93. The number of carbonyl (C=O) groups is 1. The lowest BCUT2D eigenvalue weighted by Crippen LogP contribution is -2.36. The zero-order valence-corrected chi connectivity index (χ0v) is 13.6.